The molecular formula is C15H13IO2. The van der Waals surface area contributed by atoms with Crippen LogP contribution < -0.4 is 4.74 Å². The first-order chi connectivity index (χ1) is 8.66. The second-order valence-corrected chi connectivity index (χ2v) is 5.19. The van der Waals surface area contributed by atoms with Crippen molar-refractivity contribution in [3.05, 3.63) is 63.7 Å². The van der Waals surface area contributed by atoms with Crippen LogP contribution in [0.1, 0.15) is 17.3 Å². The highest BCUT2D eigenvalue weighted by Crippen LogP contribution is 2.17. The SMILES string of the molecule is C[C@@H](Oc1cccc(I)c1)C(=O)c1ccccc1. The van der Waals surface area contributed by atoms with E-state index < -0.39 is 6.10 Å². The van der Waals surface area contributed by atoms with E-state index in [2.05, 4.69) is 22.6 Å². The van der Waals surface area contributed by atoms with Crippen molar-refractivity contribution in [2.45, 2.75) is 13.0 Å². The quantitative estimate of drug-likeness (QED) is 0.616. The van der Waals surface area contributed by atoms with Gasteiger partial charge in [0.05, 0.1) is 0 Å². The minimum Gasteiger partial charge on any atom is -0.483 e. The molecule has 0 saturated heterocycles. The average Bonchev–Trinajstić information content (AvgIpc) is 2.39. The van der Waals surface area contributed by atoms with Crippen LogP contribution in [0.25, 0.3) is 0 Å². The highest BCUT2D eigenvalue weighted by atomic mass is 127. The van der Waals surface area contributed by atoms with E-state index in [0.717, 1.165) is 9.32 Å². The van der Waals surface area contributed by atoms with E-state index in [9.17, 15) is 4.79 Å². The van der Waals surface area contributed by atoms with E-state index in [-0.39, 0.29) is 5.78 Å². The largest absolute Gasteiger partial charge is 0.483 e. The molecule has 3 heteroatoms. The molecule has 0 spiro atoms. The molecule has 0 saturated carbocycles. The molecule has 2 nitrogen and oxygen atoms in total. The molecule has 0 aliphatic rings. The summed E-state index contributed by atoms with van der Waals surface area (Å²) >= 11 is 2.22. The van der Waals surface area contributed by atoms with E-state index >= 15 is 0 Å². The monoisotopic (exact) mass is 352 g/mol. The van der Waals surface area contributed by atoms with Gasteiger partial charge < -0.3 is 4.74 Å². The van der Waals surface area contributed by atoms with Gasteiger partial charge in [0.25, 0.3) is 0 Å². The predicted octanol–water partition coefficient (Wildman–Crippen LogP) is 3.94. The molecule has 0 aliphatic carbocycles. The molecule has 0 aromatic heterocycles. The standard InChI is InChI=1S/C15H13IO2/c1-11(15(17)12-6-3-2-4-7-12)18-14-9-5-8-13(16)10-14/h2-11H,1H3/t11-/m1/s1. The lowest BCUT2D eigenvalue weighted by molar-refractivity contribution is 0.0818. The molecule has 92 valence electrons. The first-order valence-corrected chi connectivity index (χ1v) is 6.76. The van der Waals surface area contributed by atoms with E-state index in [4.69, 9.17) is 4.74 Å². The molecule has 2 aromatic rings. The summed E-state index contributed by atoms with van der Waals surface area (Å²) in [7, 11) is 0. The molecule has 2 rings (SSSR count). The fourth-order valence-corrected chi connectivity index (χ4v) is 2.15. The maximum atomic E-state index is 12.1. The number of halogens is 1. The lowest BCUT2D eigenvalue weighted by atomic mass is 10.1. The summed E-state index contributed by atoms with van der Waals surface area (Å²) in [6, 6.07) is 16.9. The van der Waals surface area contributed by atoms with Gasteiger partial charge in [-0.25, -0.2) is 0 Å². The van der Waals surface area contributed by atoms with Gasteiger partial charge >= 0.3 is 0 Å². The lowest BCUT2D eigenvalue weighted by Gasteiger charge is -2.13. The van der Waals surface area contributed by atoms with Crippen molar-refractivity contribution in [1.82, 2.24) is 0 Å². The van der Waals surface area contributed by atoms with Crippen LogP contribution in [0.4, 0.5) is 0 Å². The second kappa shape index (κ2) is 6.00. The van der Waals surface area contributed by atoms with Crippen LogP contribution in [-0.2, 0) is 0 Å². The molecule has 2 aromatic carbocycles. The summed E-state index contributed by atoms with van der Waals surface area (Å²) in [6.45, 7) is 1.77. The van der Waals surface area contributed by atoms with Gasteiger partial charge in [-0.3, -0.25) is 4.79 Å². The zero-order valence-corrected chi connectivity index (χ0v) is 12.1. The van der Waals surface area contributed by atoms with Crippen LogP contribution in [0.15, 0.2) is 54.6 Å². The third-order valence-electron chi connectivity index (χ3n) is 2.54. The van der Waals surface area contributed by atoms with Crippen molar-refractivity contribution >= 4 is 28.4 Å². The zero-order valence-electron chi connectivity index (χ0n) is 9.97. The molecule has 0 N–H and O–H groups in total. The molecule has 0 aliphatic heterocycles. The van der Waals surface area contributed by atoms with Crippen LogP contribution in [0, 0.1) is 3.57 Å². The third kappa shape index (κ3) is 3.32. The fraction of sp³-hybridized carbons (Fsp3) is 0.133. The number of carbonyl (C=O) groups is 1. The highest BCUT2D eigenvalue weighted by Gasteiger charge is 2.16. The van der Waals surface area contributed by atoms with Gasteiger partial charge in [0.2, 0.25) is 5.78 Å². The third-order valence-corrected chi connectivity index (χ3v) is 3.21. The minimum absolute atomic E-state index is 0.00513. The van der Waals surface area contributed by atoms with Crippen molar-refractivity contribution in [1.29, 1.82) is 0 Å². The number of ketones is 1. The minimum atomic E-state index is -0.481. The maximum Gasteiger partial charge on any atom is 0.202 e. The van der Waals surface area contributed by atoms with Crippen molar-refractivity contribution < 1.29 is 9.53 Å². The summed E-state index contributed by atoms with van der Waals surface area (Å²) in [5.41, 5.74) is 0.677. The van der Waals surface area contributed by atoms with Crippen LogP contribution in [-0.4, -0.2) is 11.9 Å². The highest BCUT2D eigenvalue weighted by molar-refractivity contribution is 14.1. The summed E-state index contributed by atoms with van der Waals surface area (Å²) in [6.07, 6.45) is -0.481. The van der Waals surface area contributed by atoms with E-state index in [1.807, 2.05) is 42.5 Å². The first-order valence-electron chi connectivity index (χ1n) is 5.68. The Hall–Kier alpha value is -1.36. The number of Topliss-reactive ketones (excluding diaryl/α,β-unsaturated/α-hetero) is 1. The molecule has 0 unspecified atom stereocenters. The molecule has 0 heterocycles. The second-order valence-electron chi connectivity index (χ2n) is 3.95. The van der Waals surface area contributed by atoms with Crippen molar-refractivity contribution in [2.75, 3.05) is 0 Å². The Morgan fingerprint density at radius 3 is 2.50 bits per heavy atom. The van der Waals surface area contributed by atoms with Crippen molar-refractivity contribution in [2.24, 2.45) is 0 Å². The van der Waals surface area contributed by atoms with Gasteiger partial charge in [0, 0.05) is 9.13 Å². The van der Waals surface area contributed by atoms with E-state index in [0.29, 0.717) is 5.56 Å². The molecule has 1 atom stereocenters. The van der Waals surface area contributed by atoms with Gasteiger partial charge in [-0.05, 0) is 47.7 Å². The number of hydrogen-bond acceptors (Lipinski definition) is 2. The van der Waals surface area contributed by atoms with Crippen LogP contribution in [0.3, 0.4) is 0 Å². The Morgan fingerprint density at radius 1 is 1.11 bits per heavy atom. The molecule has 0 bridgehead atoms. The number of ether oxygens (including phenoxy) is 1. The first kappa shape index (κ1) is 13.1. The zero-order chi connectivity index (χ0) is 13.0. The van der Waals surface area contributed by atoms with Gasteiger partial charge in [-0.1, -0.05) is 36.4 Å². The number of hydrogen-bond donors (Lipinski definition) is 0. The Morgan fingerprint density at radius 2 is 1.83 bits per heavy atom. The summed E-state index contributed by atoms with van der Waals surface area (Å²) < 4.78 is 6.74. The number of rotatable bonds is 4. The van der Waals surface area contributed by atoms with Crippen molar-refractivity contribution in [3.8, 4) is 5.75 Å². The Kier molecular flexibility index (Phi) is 4.36. The Balaban J connectivity index is 2.09. The molecule has 0 fully saturated rings. The van der Waals surface area contributed by atoms with Gasteiger partial charge in [0.1, 0.15) is 5.75 Å². The summed E-state index contributed by atoms with van der Waals surface area (Å²) in [5.74, 6) is 0.716. The molecule has 18 heavy (non-hydrogen) atoms. The number of benzene rings is 2. The van der Waals surface area contributed by atoms with E-state index in [1.165, 1.54) is 0 Å². The molecular weight excluding hydrogens is 339 g/mol. The van der Waals surface area contributed by atoms with Gasteiger partial charge in [-0.15, -0.1) is 0 Å². The van der Waals surface area contributed by atoms with Gasteiger partial charge in [0.15, 0.2) is 6.10 Å². The molecule has 0 radical (unpaired) electrons. The molecule has 0 amide bonds. The van der Waals surface area contributed by atoms with Gasteiger partial charge in [-0.2, -0.15) is 0 Å². The topological polar surface area (TPSA) is 26.3 Å². The van der Waals surface area contributed by atoms with Crippen LogP contribution in [0.2, 0.25) is 0 Å². The predicted molar refractivity (Wildman–Crippen MR) is 80.0 cm³/mol. The Bertz CT molecular complexity index is 537. The summed E-state index contributed by atoms with van der Waals surface area (Å²) in [4.78, 5) is 12.1. The van der Waals surface area contributed by atoms with Crippen molar-refractivity contribution in [3.63, 3.8) is 0 Å². The van der Waals surface area contributed by atoms with E-state index in [1.54, 1.807) is 19.1 Å². The smallest absolute Gasteiger partial charge is 0.202 e. The Labute approximate surface area is 120 Å². The average molecular weight is 352 g/mol. The van der Waals surface area contributed by atoms with Crippen LogP contribution in [0.5, 0.6) is 5.75 Å². The normalized spacial score (nSPS) is 11.9. The van der Waals surface area contributed by atoms with Crippen LogP contribution >= 0.6 is 22.6 Å². The fourth-order valence-electron chi connectivity index (χ4n) is 1.64. The lowest BCUT2D eigenvalue weighted by Crippen LogP contribution is -2.23. The number of carbonyl (C=O) groups excluding carboxylic acids is 1. The maximum absolute atomic E-state index is 12.1. The summed E-state index contributed by atoms with van der Waals surface area (Å²) in [5, 5.41) is 0.